The van der Waals surface area contributed by atoms with Crippen LogP contribution in [0.3, 0.4) is 0 Å². The van der Waals surface area contributed by atoms with Crippen molar-refractivity contribution in [3.63, 3.8) is 0 Å². The lowest BCUT2D eigenvalue weighted by Crippen LogP contribution is -2.45. The van der Waals surface area contributed by atoms with Gasteiger partial charge in [-0.15, -0.1) is 13.2 Å². The Labute approximate surface area is 158 Å². The number of nitrogens with one attached hydrogen (secondary N) is 1. The van der Waals surface area contributed by atoms with Gasteiger partial charge in [0.15, 0.2) is 0 Å². The van der Waals surface area contributed by atoms with Crippen molar-refractivity contribution in [1.29, 1.82) is 0 Å². The van der Waals surface area contributed by atoms with Gasteiger partial charge in [0.2, 0.25) is 0 Å². The lowest BCUT2D eigenvalue weighted by molar-refractivity contribution is -0.274. The van der Waals surface area contributed by atoms with E-state index in [1.807, 2.05) is 12.1 Å². The lowest BCUT2D eigenvalue weighted by Gasteiger charge is -2.35. The van der Waals surface area contributed by atoms with E-state index in [4.69, 9.17) is 0 Å². The molecular formula is C18H18F3IN2O. The summed E-state index contributed by atoms with van der Waals surface area (Å²) in [6.45, 7) is 3.57. The highest BCUT2D eigenvalue weighted by atomic mass is 127. The Kier molecular flexibility index (Phi) is 5.85. The van der Waals surface area contributed by atoms with Crippen LogP contribution in [0.15, 0.2) is 48.5 Å². The Morgan fingerprint density at radius 3 is 1.96 bits per heavy atom. The molecule has 0 amide bonds. The third-order valence-corrected chi connectivity index (χ3v) is 4.85. The highest BCUT2D eigenvalue weighted by Crippen LogP contribution is 2.31. The van der Waals surface area contributed by atoms with E-state index in [1.165, 1.54) is 12.1 Å². The fraction of sp³-hybridized carbons (Fsp3) is 0.333. The van der Waals surface area contributed by atoms with Crippen LogP contribution in [-0.4, -0.2) is 37.4 Å². The van der Waals surface area contributed by atoms with Crippen molar-refractivity contribution in [2.75, 3.05) is 26.2 Å². The molecule has 134 valence electrons. The van der Waals surface area contributed by atoms with Crippen LogP contribution in [0.1, 0.15) is 17.2 Å². The van der Waals surface area contributed by atoms with E-state index < -0.39 is 6.36 Å². The molecule has 1 saturated heterocycles. The van der Waals surface area contributed by atoms with Gasteiger partial charge in [-0.1, -0.05) is 24.3 Å². The minimum absolute atomic E-state index is 0.0130. The first-order valence-electron chi connectivity index (χ1n) is 7.98. The van der Waals surface area contributed by atoms with Crippen LogP contribution >= 0.6 is 22.6 Å². The third-order valence-electron chi connectivity index (χ3n) is 4.13. The van der Waals surface area contributed by atoms with Gasteiger partial charge in [-0.2, -0.15) is 0 Å². The molecule has 1 heterocycles. The topological polar surface area (TPSA) is 24.5 Å². The molecule has 2 aromatic rings. The zero-order valence-electron chi connectivity index (χ0n) is 13.4. The first-order valence-corrected chi connectivity index (χ1v) is 9.06. The summed E-state index contributed by atoms with van der Waals surface area (Å²) in [5.41, 5.74) is 2.09. The number of halogens is 4. The van der Waals surface area contributed by atoms with E-state index in [-0.39, 0.29) is 11.8 Å². The zero-order chi connectivity index (χ0) is 17.9. The summed E-state index contributed by atoms with van der Waals surface area (Å²) in [4.78, 5) is 2.35. The molecule has 2 aromatic carbocycles. The van der Waals surface area contributed by atoms with Crippen molar-refractivity contribution in [1.82, 2.24) is 10.2 Å². The summed E-state index contributed by atoms with van der Waals surface area (Å²) in [5, 5.41) is 3.33. The average Bonchev–Trinajstić information content (AvgIpc) is 2.58. The molecule has 1 aliphatic rings. The third kappa shape index (κ3) is 5.08. The molecule has 1 N–H and O–H groups in total. The van der Waals surface area contributed by atoms with E-state index in [0.29, 0.717) is 0 Å². The molecule has 0 unspecified atom stereocenters. The van der Waals surface area contributed by atoms with Crippen LogP contribution in [0, 0.1) is 3.57 Å². The number of piperazine rings is 1. The van der Waals surface area contributed by atoms with Gasteiger partial charge >= 0.3 is 6.36 Å². The Bertz CT molecular complexity index is 683. The molecule has 0 saturated carbocycles. The SMILES string of the molecule is FC(F)(F)Oc1ccc([C@H](c2ccc(I)cc2)N2CCNCC2)cc1. The van der Waals surface area contributed by atoms with Crippen molar-refractivity contribution in [3.8, 4) is 5.75 Å². The van der Waals surface area contributed by atoms with E-state index >= 15 is 0 Å². The van der Waals surface area contributed by atoms with E-state index in [2.05, 4.69) is 49.7 Å². The van der Waals surface area contributed by atoms with Crippen LogP contribution in [0.25, 0.3) is 0 Å². The largest absolute Gasteiger partial charge is 0.573 e. The van der Waals surface area contributed by atoms with Gasteiger partial charge in [-0.05, 0) is 58.0 Å². The van der Waals surface area contributed by atoms with Crippen LogP contribution < -0.4 is 10.1 Å². The molecule has 0 radical (unpaired) electrons. The monoisotopic (exact) mass is 462 g/mol. The second kappa shape index (κ2) is 7.92. The van der Waals surface area contributed by atoms with Gasteiger partial charge in [0, 0.05) is 29.7 Å². The summed E-state index contributed by atoms with van der Waals surface area (Å²) >= 11 is 2.26. The van der Waals surface area contributed by atoms with Crippen LogP contribution in [0.2, 0.25) is 0 Å². The first kappa shape index (κ1) is 18.5. The fourth-order valence-corrected chi connectivity index (χ4v) is 3.41. The lowest BCUT2D eigenvalue weighted by atomic mass is 9.96. The van der Waals surface area contributed by atoms with E-state index in [1.54, 1.807) is 12.1 Å². The number of rotatable bonds is 4. The average molecular weight is 462 g/mol. The summed E-state index contributed by atoms with van der Waals surface area (Å²) in [6, 6.07) is 14.5. The van der Waals surface area contributed by atoms with Gasteiger partial charge in [-0.3, -0.25) is 4.90 Å². The molecule has 3 rings (SSSR count). The molecule has 1 fully saturated rings. The van der Waals surface area contributed by atoms with Gasteiger partial charge in [0.05, 0.1) is 6.04 Å². The van der Waals surface area contributed by atoms with Gasteiger partial charge in [0.1, 0.15) is 5.75 Å². The van der Waals surface area contributed by atoms with Gasteiger partial charge < -0.3 is 10.1 Å². The molecule has 1 atom stereocenters. The van der Waals surface area contributed by atoms with E-state index in [9.17, 15) is 13.2 Å². The molecule has 25 heavy (non-hydrogen) atoms. The maximum absolute atomic E-state index is 12.4. The number of hydrogen-bond donors (Lipinski definition) is 1. The second-order valence-corrected chi connectivity index (χ2v) is 7.10. The Balaban J connectivity index is 1.89. The normalized spacial score (nSPS) is 17.3. The number of hydrogen-bond acceptors (Lipinski definition) is 3. The second-order valence-electron chi connectivity index (χ2n) is 5.86. The number of alkyl halides is 3. The number of ether oxygens (including phenoxy) is 1. The zero-order valence-corrected chi connectivity index (χ0v) is 15.5. The first-order chi connectivity index (χ1) is 11.9. The number of benzene rings is 2. The predicted octanol–water partition coefficient (Wildman–Crippen LogP) is 4.18. The Morgan fingerprint density at radius 1 is 0.920 bits per heavy atom. The van der Waals surface area contributed by atoms with Crippen molar-refractivity contribution in [2.24, 2.45) is 0 Å². The van der Waals surface area contributed by atoms with Crippen molar-refractivity contribution in [3.05, 3.63) is 63.2 Å². The molecule has 7 heteroatoms. The predicted molar refractivity (Wildman–Crippen MR) is 98.6 cm³/mol. The molecule has 1 aliphatic heterocycles. The highest BCUT2D eigenvalue weighted by Gasteiger charge is 2.31. The Hall–Kier alpha value is -1.32. The molecule has 0 aliphatic carbocycles. The van der Waals surface area contributed by atoms with Crippen LogP contribution in [0.4, 0.5) is 13.2 Å². The molecule has 0 aromatic heterocycles. The maximum atomic E-state index is 12.4. The smallest absolute Gasteiger partial charge is 0.406 e. The van der Waals surface area contributed by atoms with Crippen LogP contribution in [0.5, 0.6) is 5.75 Å². The maximum Gasteiger partial charge on any atom is 0.573 e. The van der Waals surface area contributed by atoms with Crippen molar-refractivity contribution < 1.29 is 17.9 Å². The van der Waals surface area contributed by atoms with Gasteiger partial charge in [0.25, 0.3) is 0 Å². The van der Waals surface area contributed by atoms with Crippen LogP contribution in [-0.2, 0) is 0 Å². The molecule has 3 nitrogen and oxygen atoms in total. The summed E-state index contributed by atoms with van der Waals surface area (Å²) in [7, 11) is 0. The quantitative estimate of drug-likeness (QED) is 0.691. The summed E-state index contributed by atoms with van der Waals surface area (Å²) < 4.78 is 42.2. The summed E-state index contributed by atoms with van der Waals surface area (Å²) in [6.07, 6.45) is -4.67. The van der Waals surface area contributed by atoms with Gasteiger partial charge in [-0.25, -0.2) is 0 Å². The minimum Gasteiger partial charge on any atom is -0.406 e. The number of nitrogens with zero attached hydrogens (tertiary/aromatic N) is 1. The van der Waals surface area contributed by atoms with Crippen molar-refractivity contribution >= 4 is 22.6 Å². The van der Waals surface area contributed by atoms with Crippen molar-refractivity contribution in [2.45, 2.75) is 12.4 Å². The minimum atomic E-state index is -4.67. The highest BCUT2D eigenvalue weighted by molar-refractivity contribution is 14.1. The van der Waals surface area contributed by atoms with E-state index in [0.717, 1.165) is 40.9 Å². The Morgan fingerprint density at radius 2 is 1.44 bits per heavy atom. The molecular weight excluding hydrogens is 444 g/mol. The standard InChI is InChI=1S/C18H18F3IN2O/c19-18(20,21)25-16-7-3-14(4-8-16)17(24-11-9-23-10-12-24)13-1-5-15(22)6-2-13/h1-8,17,23H,9-12H2/t17-/m0/s1. The molecule has 0 bridgehead atoms. The summed E-state index contributed by atoms with van der Waals surface area (Å²) in [5.74, 6) is -0.196. The molecule has 0 spiro atoms. The fourth-order valence-electron chi connectivity index (χ4n) is 3.05.